The Balaban J connectivity index is 2.41. The average Bonchev–Trinajstić information content (AvgIpc) is 2.36. The van der Waals surface area contributed by atoms with E-state index in [-0.39, 0.29) is 0 Å². The molecule has 0 aromatic carbocycles. The molecular weight excluding hydrogens is 170 g/mol. The zero-order valence-electron chi connectivity index (χ0n) is 7.79. The molecule has 4 heteroatoms. The average molecular weight is 185 g/mol. The molecule has 0 amide bonds. The summed E-state index contributed by atoms with van der Waals surface area (Å²) >= 11 is 1.68. The van der Waals surface area contributed by atoms with E-state index < -0.39 is 0 Å². The van der Waals surface area contributed by atoms with Crippen LogP contribution in [0.4, 0.5) is 0 Å². The third kappa shape index (κ3) is 2.87. The molecule has 1 rings (SSSR count). The summed E-state index contributed by atoms with van der Waals surface area (Å²) in [5, 5.41) is 13.6. The topological polar surface area (TPSA) is 37.8 Å². The van der Waals surface area contributed by atoms with Crippen LogP contribution in [0.25, 0.3) is 0 Å². The monoisotopic (exact) mass is 185 g/mol. The lowest BCUT2D eigenvalue weighted by Gasteiger charge is -2.08. The molecule has 68 valence electrons. The minimum atomic E-state index is 0.502. The molecule has 0 saturated carbocycles. The molecule has 1 atom stereocenters. The van der Waals surface area contributed by atoms with E-state index in [2.05, 4.69) is 29.4 Å². The van der Waals surface area contributed by atoms with Crippen molar-refractivity contribution in [1.82, 2.24) is 15.5 Å². The highest BCUT2D eigenvalue weighted by molar-refractivity contribution is 7.11. The Morgan fingerprint density at radius 1 is 1.50 bits per heavy atom. The Labute approximate surface area is 77.2 Å². The molecule has 1 heterocycles. The maximum absolute atomic E-state index is 4.07. The van der Waals surface area contributed by atoms with E-state index in [4.69, 9.17) is 0 Å². The van der Waals surface area contributed by atoms with Crippen molar-refractivity contribution in [1.29, 1.82) is 0 Å². The van der Waals surface area contributed by atoms with Crippen molar-refractivity contribution in [3.05, 3.63) is 10.0 Å². The number of nitrogens with zero attached hydrogens (tertiary/aromatic N) is 2. The number of aromatic nitrogens is 2. The lowest BCUT2D eigenvalue weighted by atomic mass is 10.2. The van der Waals surface area contributed by atoms with Gasteiger partial charge in [-0.25, -0.2) is 0 Å². The molecule has 0 aliphatic rings. The molecule has 0 aliphatic carbocycles. The Hall–Kier alpha value is -0.480. The molecule has 0 aliphatic heterocycles. The number of hydrogen-bond donors (Lipinski definition) is 1. The molecule has 1 N–H and O–H groups in total. The van der Waals surface area contributed by atoms with Gasteiger partial charge in [0.1, 0.15) is 10.0 Å². The summed E-state index contributed by atoms with van der Waals surface area (Å²) in [6, 6.07) is 0.502. The van der Waals surface area contributed by atoms with Gasteiger partial charge in [0.15, 0.2) is 0 Å². The Kier molecular flexibility index (Phi) is 3.62. The number of rotatable bonds is 4. The fraction of sp³-hybridized carbons (Fsp3) is 0.750. The van der Waals surface area contributed by atoms with E-state index in [1.807, 2.05) is 6.92 Å². The quantitative estimate of drug-likeness (QED) is 0.770. The molecule has 0 saturated heterocycles. The summed E-state index contributed by atoms with van der Waals surface area (Å²) in [6.07, 6.45) is 0.985. The van der Waals surface area contributed by atoms with Gasteiger partial charge in [-0.3, -0.25) is 0 Å². The molecule has 0 spiro atoms. The molecule has 0 fully saturated rings. The van der Waals surface area contributed by atoms with Crippen LogP contribution in [0.2, 0.25) is 0 Å². The van der Waals surface area contributed by atoms with Crippen LogP contribution < -0.4 is 5.32 Å². The van der Waals surface area contributed by atoms with Crippen molar-refractivity contribution >= 4 is 11.3 Å². The smallest absolute Gasteiger partial charge is 0.118 e. The summed E-state index contributed by atoms with van der Waals surface area (Å²) in [5.41, 5.74) is 0. The fourth-order valence-corrected chi connectivity index (χ4v) is 1.94. The Morgan fingerprint density at radius 2 is 2.25 bits per heavy atom. The predicted molar refractivity (Wildman–Crippen MR) is 51.5 cm³/mol. The highest BCUT2D eigenvalue weighted by Crippen LogP contribution is 2.09. The normalized spacial score (nSPS) is 13.2. The summed E-state index contributed by atoms with van der Waals surface area (Å²) in [4.78, 5) is 0. The van der Waals surface area contributed by atoms with Gasteiger partial charge in [0.25, 0.3) is 0 Å². The zero-order valence-corrected chi connectivity index (χ0v) is 8.61. The Bertz CT molecular complexity index is 234. The standard InChI is InChI=1S/C8H15N3S/c1-4-9-6(2)5-8-11-10-7(3)12-8/h6,9H,4-5H2,1-3H3. The van der Waals surface area contributed by atoms with Crippen LogP contribution in [-0.2, 0) is 6.42 Å². The van der Waals surface area contributed by atoms with Gasteiger partial charge in [-0.2, -0.15) is 0 Å². The second kappa shape index (κ2) is 4.52. The highest BCUT2D eigenvalue weighted by Gasteiger charge is 2.05. The minimum Gasteiger partial charge on any atom is -0.314 e. The van der Waals surface area contributed by atoms with Gasteiger partial charge in [-0.1, -0.05) is 6.92 Å². The molecule has 1 aromatic heterocycles. The molecule has 1 aromatic rings. The second-order valence-corrected chi connectivity index (χ2v) is 4.14. The predicted octanol–water partition coefficient (Wildman–Crippen LogP) is 1.39. The van der Waals surface area contributed by atoms with Crippen molar-refractivity contribution in [3.63, 3.8) is 0 Å². The highest BCUT2D eigenvalue weighted by atomic mass is 32.1. The van der Waals surface area contributed by atoms with Gasteiger partial charge in [-0.15, -0.1) is 21.5 Å². The van der Waals surface area contributed by atoms with E-state index in [0.717, 1.165) is 23.0 Å². The maximum atomic E-state index is 4.07. The number of hydrogen-bond acceptors (Lipinski definition) is 4. The van der Waals surface area contributed by atoms with Gasteiger partial charge in [0.05, 0.1) is 0 Å². The molecule has 0 radical (unpaired) electrons. The van der Waals surface area contributed by atoms with Crippen molar-refractivity contribution < 1.29 is 0 Å². The third-order valence-electron chi connectivity index (χ3n) is 1.60. The largest absolute Gasteiger partial charge is 0.314 e. The van der Waals surface area contributed by atoms with E-state index in [0.29, 0.717) is 6.04 Å². The molecule has 3 nitrogen and oxygen atoms in total. The Morgan fingerprint density at radius 3 is 2.75 bits per heavy atom. The van der Waals surface area contributed by atoms with Gasteiger partial charge in [0.2, 0.25) is 0 Å². The summed E-state index contributed by atoms with van der Waals surface area (Å²) < 4.78 is 0. The van der Waals surface area contributed by atoms with Crippen molar-refractivity contribution in [2.45, 2.75) is 33.2 Å². The number of nitrogens with one attached hydrogen (secondary N) is 1. The van der Waals surface area contributed by atoms with Crippen LogP contribution in [0.5, 0.6) is 0 Å². The first kappa shape index (κ1) is 9.61. The van der Waals surface area contributed by atoms with Gasteiger partial charge < -0.3 is 5.32 Å². The first-order valence-corrected chi connectivity index (χ1v) is 5.06. The minimum absolute atomic E-state index is 0.502. The summed E-state index contributed by atoms with van der Waals surface area (Å²) in [6.45, 7) is 7.28. The maximum Gasteiger partial charge on any atom is 0.118 e. The van der Waals surface area contributed by atoms with E-state index in [9.17, 15) is 0 Å². The summed E-state index contributed by atoms with van der Waals surface area (Å²) in [5.74, 6) is 0. The first-order valence-electron chi connectivity index (χ1n) is 4.24. The van der Waals surface area contributed by atoms with E-state index >= 15 is 0 Å². The SMILES string of the molecule is CCNC(C)Cc1nnc(C)s1. The molecular formula is C8H15N3S. The van der Waals surface area contributed by atoms with E-state index in [1.165, 1.54) is 0 Å². The third-order valence-corrected chi connectivity index (χ3v) is 2.46. The van der Waals surface area contributed by atoms with Gasteiger partial charge in [0, 0.05) is 12.5 Å². The first-order chi connectivity index (χ1) is 5.72. The van der Waals surface area contributed by atoms with Crippen molar-refractivity contribution in [2.75, 3.05) is 6.54 Å². The van der Waals surface area contributed by atoms with E-state index in [1.54, 1.807) is 11.3 Å². The fourth-order valence-electron chi connectivity index (χ4n) is 1.10. The lowest BCUT2D eigenvalue weighted by molar-refractivity contribution is 0.562. The van der Waals surface area contributed by atoms with Crippen LogP contribution in [0.1, 0.15) is 23.9 Å². The van der Waals surface area contributed by atoms with Crippen LogP contribution >= 0.6 is 11.3 Å². The second-order valence-electron chi connectivity index (χ2n) is 2.88. The molecule has 0 bridgehead atoms. The van der Waals surface area contributed by atoms with Crippen LogP contribution in [-0.4, -0.2) is 22.8 Å². The number of likely N-dealkylation sites (N-methyl/N-ethyl adjacent to an activating group) is 1. The van der Waals surface area contributed by atoms with Gasteiger partial charge >= 0.3 is 0 Å². The summed E-state index contributed by atoms with van der Waals surface area (Å²) in [7, 11) is 0. The molecule has 1 unspecified atom stereocenters. The number of aryl methyl sites for hydroxylation is 1. The lowest BCUT2D eigenvalue weighted by Crippen LogP contribution is -2.27. The van der Waals surface area contributed by atoms with Gasteiger partial charge in [-0.05, 0) is 20.4 Å². The zero-order chi connectivity index (χ0) is 8.97. The van der Waals surface area contributed by atoms with Crippen molar-refractivity contribution in [2.24, 2.45) is 0 Å². The molecule has 12 heavy (non-hydrogen) atoms. The van der Waals surface area contributed by atoms with Crippen molar-refractivity contribution in [3.8, 4) is 0 Å². The van der Waals surface area contributed by atoms with Crippen LogP contribution in [0, 0.1) is 6.92 Å². The van der Waals surface area contributed by atoms with Crippen LogP contribution in [0.15, 0.2) is 0 Å². The van der Waals surface area contributed by atoms with Crippen LogP contribution in [0.3, 0.4) is 0 Å².